The van der Waals surface area contributed by atoms with Crippen LogP contribution in [0.4, 0.5) is 0 Å². The molecule has 0 fully saturated rings. The van der Waals surface area contributed by atoms with Gasteiger partial charge in [-0.05, 0) is 42.8 Å². The van der Waals surface area contributed by atoms with Crippen LogP contribution in [0.15, 0.2) is 40.9 Å². The van der Waals surface area contributed by atoms with Gasteiger partial charge in [0, 0.05) is 20.4 Å². The van der Waals surface area contributed by atoms with Crippen LogP contribution in [0.25, 0.3) is 0 Å². The molecule has 0 bridgehead atoms. The van der Waals surface area contributed by atoms with Crippen molar-refractivity contribution in [3.63, 3.8) is 0 Å². The van der Waals surface area contributed by atoms with E-state index in [1.54, 1.807) is 0 Å². The summed E-state index contributed by atoms with van der Waals surface area (Å²) < 4.78 is 6.97. The zero-order valence-corrected chi connectivity index (χ0v) is 13.6. The molecule has 0 spiro atoms. The number of hydrogen-bond donors (Lipinski definition) is 0. The van der Waals surface area contributed by atoms with E-state index in [2.05, 4.69) is 31.9 Å². The van der Waals surface area contributed by atoms with E-state index in [-0.39, 0.29) is 0 Å². The third-order valence-corrected chi connectivity index (χ3v) is 3.97. The van der Waals surface area contributed by atoms with Gasteiger partial charge in [-0.1, -0.05) is 49.5 Å². The predicted octanol–water partition coefficient (Wildman–Crippen LogP) is 6.10. The Morgan fingerprint density at radius 2 is 1.94 bits per heavy atom. The molecule has 0 aliphatic carbocycles. The Morgan fingerprint density at radius 1 is 1.17 bits per heavy atom. The van der Waals surface area contributed by atoms with Gasteiger partial charge in [0.25, 0.3) is 0 Å². The topological polar surface area (TPSA) is 9.23 Å². The monoisotopic (exact) mass is 388 g/mol. The summed E-state index contributed by atoms with van der Waals surface area (Å²) in [5.74, 6) is 1.62. The molecule has 0 radical (unpaired) electrons. The highest BCUT2D eigenvalue weighted by Gasteiger charge is 2.09. The molecule has 0 aromatic heterocycles. The fraction of sp³-hybridized carbons (Fsp3) is 0.143. The number of alkyl halides is 1. The van der Waals surface area contributed by atoms with Crippen molar-refractivity contribution in [1.82, 2.24) is 0 Å². The summed E-state index contributed by atoms with van der Waals surface area (Å²) in [7, 11) is 0. The molecule has 0 amide bonds. The zero-order valence-electron chi connectivity index (χ0n) is 9.71. The maximum Gasteiger partial charge on any atom is 0.132 e. The van der Waals surface area contributed by atoms with Gasteiger partial charge in [0.05, 0.1) is 0 Å². The molecule has 0 saturated carbocycles. The summed E-state index contributed by atoms with van der Waals surface area (Å²) in [4.78, 5) is 0. The van der Waals surface area contributed by atoms with Crippen molar-refractivity contribution >= 4 is 43.5 Å². The van der Waals surface area contributed by atoms with E-state index < -0.39 is 0 Å². The molecule has 1 nitrogen and oxygen atoms in total. The smallest absolute Gasteiger partial charge is 0.132 e. The summed E-state index contributed by atoms with van der Waals surface area (Å²) in [6.07, 6.45) is 0. The van der Waals surface area contributed by atoms with E-state index in [9.17, 15) is 0 Å². The van der Waals surface area contributed by atoms with E-state index in [0.717, 1.165) is 27.1 Å². The van der Waals surface area contributed by atoms with Crippen LogP contribution in [-0.4, -0.2) is 0 Å². The molecule has 0 heterocycles. The Kier molecular flexibility index (Phi) is 4.71. The molecule has 0 aliphatic rings. The van der Waals surface area contributed by atoms with Crippen LogP contribution in [0.2, 0.25) is 5.02 Å². The first-order chi connectivity index (χ1) is 8.61. The average Bonchev–Trinajstić information content (AvgIpc) is 2.33. The third kappa shape index (κ3) is 3.08. The Morgan fingerprint density at radius 3 is 2.61 bits per heavy atom. The van der Waals surface area contributed by atoms with Crippen LogP contribution in [0.3, 0.4) is 0 Å². The minimum atomic E-state index is 0.664. The first-order valence-corrected chi connectivity index (χ1v) is 7.68. The molecular weight excluding hydrogens is 379 g/mol. The van der Waals surface area contributed by atoms with Crippen molar-refractivity contribution < 1.29 is 4.74 Å². The van der Waals surface area contributed by atoms with Crippen molar-refractivity contribution in [1.29, 1.82) is 0 Å². The highest BCUT2D eigenvalue weighted by molar-refractivity contribution is 9.10. The Labute approximate surface area is 128 Å². The van der Waals surface area contributed by atoms with Crippen molar-refractivity contribution in [2.75, 3.05) is 0 Å². The van der Waals surface area contributed by atoms with Gasteiger partial charge in [-0.2, -0.15) is 0 Å². The molecule has 0 aliphatic heterocycles. The van der Waals surface area contributed by atoms with E-state index in [4.69, 9.17) is 16.3 Å². The molecule has 0 atom stereocenters. The maximum absolute atomic E-state index is 6.14. The lowest BCUT2D eigenvalue weighted by atomic mass is 10.2. The number of aryl methyl sites for hydroxylation is 1. The molecule has 0 unspecified atom stereocenters. The molecule has 18 heavy (non-hydrogen) atoms. The van der Waals surface area contributed by atoms with Crippen LogP contribution in [0.5, 0.6) is 11.5 Å². The van der Waals surface area contributed by atoms with Crippen molar-refractivity contribution in [3.8, 4) is 11.5 Å². The summed E-state index contributed by atoms with van der Waals surface area (Å²) in [6, 6.07) is 11.6. The molecular formula is C14H11Br2ClO. The largest absolute Gasteiger partial charge is 0.457 e. The number of halogens is 3. The van der Waals surface area contributed by atoms with Gasteiger partial charge in [-0.3, -0.25) is 0 Å². The molecule has 2 aromatic carbocycles. The summed E-state index contributed by atoms with van der Waals surface area (Å²) in [5, 5.41) is 1.37. The van der Waals surface area contributed by atoms with Crippen LogP contribution in [0, 0.1) is 6.92 Å². The lowest BCUT2D eigenvalue weighted by Gasteiger charge is -2.13. The van der Waals surface area contributed by atoms with Gasteiger partial charge in [0.15, 0.2) is 0 Å². The molecule has 0 saturated heterocycles. The maximum atomic E-state index is 6.14. The van der Waals surface area contributed by atoms with E-state index in [0.29, 0.717) is 10.4 Å². The lowest BCUT2D eigenvalue weighted by Crippen LogP contribution is -1.92. The van der Waals surface area contributed by atoms with Crippen molar-refractivity contribution in [2.45, 2.75) is 12.3 Å². The highest BCUT2D eigenvalue weighted by Crippen LogP contribution is 2.33. The molecule has 2 aromatic rings. The fourth-order valence-corrected chi connectivity index (χ4v) is 3.06. The minimum Gasteiger partial charge on any atom is -0.457 e. The van der Waals surface area contributed by atoms with E-state index >= 15 is 0 Å². The summed E-state index contributed by atoms with van der Waals surface area (Å²) in [5.41, 5.74) is 2.03. The molecule has 2 rings (SSSR count). The third-order valence-electron chi connectivity index (χ3n) is 2.57. The van der Waals surface area contributed by atoms with Gasteiger partial charge < -0.3 is 4.74 Å². The Hall–Kier alpha value is -0.510. The van der Waals surface area contributed by atoms with Crippen LogP contribution >= 0.6 is 43.5 Å². The molecule has 0 N–H and O–H groups in total. The quantitative estimate of drug-likeness (QED) is 0.576. The van der Waals surface area contributed by atoms with E-state index in [1.165, 1.54) is 0 Å². The second-order valence-corrected chi connectivity index (χ2v) is 5.75. The Balaban J connectivity index is 2.37. The Bertz CT molecular complexity index is 570. The van der Waals surface area contributed by atoms with Crippen LogP contribution in [-0.2, 0) is 5.33 Å². The zero-order chi connectivity index (χ0) is 13.1. The summed E-state index contributed by atoms with van der Waals surface area (Å²) in [6.45, 7) is 2.01. The SMILES string of the molecule is Cc1cc(Br)ccc1Oc1cccc(Cl)c1CBr. The fourth-order valence-electron chi connectivity index (χ4n) is 1.61. The average molecular weight is 391 g/mol. The minimum absolute atomic E-state index is 0.664. The van der Waals surface area contributed by atoms with E-state index in [1.807, 2.05) is 43.3 Å². The normalized spacial score (nSPS) is 10.4. The number of ether oxygens (including phenoxy) is 1. The van der Waals surface area contributed by atoms with Gasteiger partial charge >= 0.3 is 0 Å². The number of hydrogen-bond acceptors (Lipinski definition) is 1. The van der Waals surface area contributed by atoms with Crippen LogP contribution in [0.1, 0.15) is 11.1 Å². The van der Waals surface area contributed by atoms with Crippen molar-refractivity contribution in [2.24, 2.45) is 0 Å². The van der Waals surface area contributed by atoms with Gasteiger partial charge in [-0.15, -0.1) is 0 Å². The first kappa shape index (κ1) is 13.9. The predicted molar refractivity (Wildman–Crippen MR) is 83.0 cm³/mol. The van der Waals surface area contributed by atoms with Crippen molar-refractivity contribution in [3.05, 3.63) is 57.0 Å². The highest BCUT2D eigenvalue weighted by atomic mass is 79.9. The first-order valence-electron chi connectivity index (χ1n) is 5.39. The van der Waals surface area contributed by atoms with Gasteiger partial charge in [-0.25, -0.2) is 0 Å². The summed E-state index contributed by atoms with van der Waals surface area (Å²) >= 11 is 13.0. The lowest BCUT2D eigenvalue weighted by molar-refractivity contribution is 0.475. The second kappa shape index (κ2) is 6.09. The van der Waals surface area contributed by atoms with Gasteiger partial charge in [0.1, 0.15) is 11.5 Å². The molecule has 94 valence electrons. The molecule has 4 heteroatoms. The number of rotatable bonds is 3. The second-order valence-electron chi connectivity index (χ2n) is 3.86. The van der Waals surface area contributed by atoms with Crippen LogP contribution < -0.4 is 4.74 Å². The standard InChI is InChI=1S/C14H11Br2ClO/c1-9-7-10(16)5-6-13(9)18-14-4-2-3-12(17)11(14)8-15/h2-7H,8H2,1H3. The number of benzene rings is 2. The van der Waals surface area contributed by atoms with Gasteiger partial charge in [0.2, 0.25) is 0 Å².